The van der Waals surface area contributed by atoms with Gasteiger partial charge in [-0.1, -0.05) is 40.2 Å². The number of carbonyl (C=O) groups is 1. The third-order valence-corrected chi connectivity index (χ3v) is 6.03. The van der Waals surface area contributed by atoms with Crippen molar-refractivity contribution in [1.29, 1.82) is 0 Å². The van der Waals surface area contributed by atoms with Crippen molar-refractivity contribution in [3.63, 3.8) is 0 Å². The van der Waals surface area contributed by atoms with E-state index in [-0.39, 0.29) is 17.9 Å². The molecule has 26 heavy (non-hydrogen) atoms. The molecule has 1 spiro atoms. The third-order valence-electron chi connectivity index (χ3n) is 5.54. The second kappa shape index (κ2) is 7.05. The van der Waals surface area contributed by atoms with Crippen LogP contribution in [0, 0.1) is 0 Å². The van der Waals surface area contributed by atoms with Crippen molar-refractivity contribution in [1.82, 2.24) is 0 Å². The molecule has 4 nitrogen and oxygen atoms in total. The number of carboxylic acid groups (broad SMARTS) is 1. The summed E-state index contributed by atoms with van der Waals surface area (Å²) in [5.74, 6) is -0.188. The normalized spacial score (nSPS) is 20.7. The van der Waals surface area contributed by atoms with Crippen molar-refractivity contribution in [2.75, 3.05) is 13.2 Å². The number of fused-ring (bicyclic) bond motifs is 2. The van der Waals surface area contributed by atoms with E-state index in [9.17, 15) is 4.79 Å². The minimum Gasteiger partial charge on any atom is -0.485 e. The van der Waals surface area contributed by atoms with E-state index in [0.29, 0.717) is 11.3 Å². The van der Waals surface area contributed by atoms with Crippen LogP contribution in [0.25, 0.3) is 0 Å². The van der Waals surface area contributed by atoms with Crippen LogP contribution in [0.5, 0.6) is 5.75 Å². The van der Waals surface area contributed by atoms with Crippen molar-refractivity contribution < 1.29 is 19.4 Å². The fourth-order valence-corrected chi connectivity index (χ4v) is 4.66. The van der Waals surface area contributed by atoms with Crippen molar-refractivity contribution in [2.45, 2.75) is 37.2 Å². The molecule has 0 saturated carbocycles. The smallest absolute Gasteiger partial charge is 0.307 e. The largest absolute Gasteiger partial charge is 0.485 e. The summed E-state index contributed by atoms with van der Waals surface area (Å²) in [5.41, 5.74) is 3.36. The lowest BCUT2D eigenvalue weighted by Gasteiger charge is -2.34. The van der Waals surface area contributed by atoms with Crippen LogP contribution in [0.1, 0.15) is 42.1 Å². The summed E-state index contributed by atoms with van der Waals surface area (Å²) in [6.45, 7) is 1.55. The van der Waals surface area contributed by atoms with E-state index < -0.39 is 5.97 Å². The first kappa shape index (κ1) is 17.6. The molecule has 0 amide bonds. The van der Waals surface area contributed by atoms with E-state index in [1.54, 1.807) is 0 Å². The summed E-state index contributed by atoms with van der Waals surface area (Å²) in [6.07, 6.45) is 2.79. The van der Waals surface area contributed by atoms with Gasteiger partial charge in [0.15, 0.2) is 0 Å². The quantitative estimate of drug-likeness (QED) is 0.787. The topological polar surface area (TPSA) is 55.8 Å². The molecule has 4 rings (SSSR count). The molecule has 2 aromatic rings. The van der Waals surface area contributed by atoms with Gasteiger partial charge in [0.2, 0.25) is 0 Å². The molecule has 1 saturated heterocycles. The van der Waals surface area contributed by atoms with Crippen LogP contribution in [0.15, 0.2) is 46.9 Å². The summed E-state index contributed by atoms with van der Waals surface area (Å²) < 4.78 is 13.0. The van der Waals surface area contributed by atoms with E-state index in [4.69, 9.17) is 14.6 Å². The number of carboxylic acids is 1. The van der Waals surface area contributed by atoms with Gasteiger partial charge < -0.3 is 14.6 Å². The molecule has 0 aromatic heterocycles. The number of rotatable bonds is 4. The van der Waals surface area contributed by atoms with Crippen molar-refractivity contribution >= 4 is 21.9 Å². The summed E-state index contributed by atoms with van der Waals surface area (Å²) in [7, 11) is 0. The molecule has 1 heterocycles. The van der Waals surface area contributed by atoms with Crippen LogP contribution >= 0.6 is 15.9 Å². The third kappa shape index (κ3) is 3.26. The maximum Gasteiger partial charge on any atom is 0.307 e. The lowest BCUT2D eigenvalue weighted by Crippen LogP contribution is -2.32. The second-order valence-electron chi connectivity index (χ2n) is 7.11. The van der Waals surface area contributed by atoms with Gasteiger partial charge in [0.1, 0.15) is 11.9 Å². The molecule has 0 radical (unpaired) electrons. The Morgan fingerprint density at radius 2 is 2.00 bits per heavy atom. The number of aliphatic carboxylic acids is 1. The minimum absolute atomic E-state index is 0.0345. The molecule has 1 atom stereocenters. The molecule has 0 bridgehead atoms. The maximum absolute atomic E-state index is 11.2. The minimum atomic E-state index is -0.850. The number of benzene rings is 2. The zero-order valence-electron chi connectivity index (χ0n) is 14.4. The number of hydrogen-bond acceptors (Lipinski definition) is 3. The summed E-state index contributed by atoms with van der Waals surface area (Å²) in [6, 6.07) is 13.9. The predicted molar refractivity (Wildman–Crippen MR) is 102 cm³/mol. The van der Waals surface area contributed by atoms with Gasteiger partial charge in [-0.3, -0.25) is 4.79 Å². The Bertz CT molecular complexity index is 827. The zero-order chi connectivity index (χ0) is 18.1. The zero-order valence-corrected chi connectivity index (χ0v) is 16.0. The van der Waals surface area contributed by atoms with Crippen LogP contribution < -0.4 is 4.74 Å². The first-order valence-corrected chi connectivity index (χ1v) is 9.71. The Kier molecular flexibility index (Phi) is 4.76. The van der Waals surface area contributed by atoms with Crippen LogP contribution in [0.4, 0.5) is 0 Å². The van der Waals surface area contributed by atoms with Gasteiger partial charge in [-0.05, 0) is 48.6 Å². The van der Waals surface area contributed by atoms with Crippen molar-refractivity contribution in [2.24, 2.45) is 0 Å². The standard InChI is InChI=1S/C21H21BrO4/c22-15-5-6-17-16(12-15)19(13-21(17)7-9-25-10-8-21)26-18-4-2-1-3-14(18)11-20(23)24/h1-6,12,19H,7-11,13H2,(H,23,24). The van der Waals surface area contributed by atoms with E-state index in [1.165, 1.54) is 11.1 Å². The molecule has 2 aromatic carbocycles. The molecule has 1 unspecified atom stereocenters. The Balaban J connectivity index is 1.68. The predicted octanol–water partition coefficient (Wildman–Crippen LogP) is 4.65. The number of halogens is 1. The average Bonchev–Trinajstić information content (AvgIpc) is 2.89. The number of ether oxygens (including phenoxy) is 2. The highest BCUT2D eigenvalue weighted by molar-refractivity contribution is 9.10. The second-order valence-corrected chi connectivity index (χ2v) is 8.03. The van der Waals surface area contributed by atoms with Gasteiger partial charge in [-0.25, -0.2) is 0 Å². The van der Waals surface area contributed by atoms with E-state index in [1.807, 2.05) is 24.3 Å². The van der Waals surface area contributed by atoms with Crippen LogP contribution in [-0.4, -0.2) is 24.3 Å². The van der Waals surface area contributed by atoms with Gasteiger partial charge in [0.05, 0.1) is 6.42 Å². The molecule has 1 fully saturated rings. The SMILES string of the molecule is O=C(O)Cc1ccccc1OC1CC2(CCOCC2)c2ccc(Br)cc21. The van der Waals surface area contributed by atoms with Crippen molar-refractivity contribution in [3.05, 3.63) is 63.6 Å². The Labute approximate surface area is 161 Å². The highest BCUT2D eigenvalue weighted by Crippen LogP contribution is 2.52. The molecule has 2 aliphatic rings. The Morgan fingerprint density at radius 1 is 1.23 bits per heavy atom. The van der Waals surface area contributed by atoms with Crippen LogP contribution in [0.2, 0.25) is 0 Å². The van der Waals surface area contributed by atoms with Gasteiger partial charge in [0, 0.05) is 28.7 Å². The van der Waals surface area contributed by atoms with Gasteiger partial charge in [0.25, 0.3) is 0 Å². The first-order chi connectivity index (χ1) is 12.6. The first-order valence-electron chi connectivity index (χ1n) is 8.91. The summed E-state index contributed by atoms with van der Waals surface area (Å²) in [5, 5.41) is 9.17. The van der Waals surface area contributed by atoms with E-state index in [2.05, 4.69) is 34.1 Å². The van der Waals surface area contributed by atoms with Gasteiger partial charge in [-0.15, -0.1) is 0 Å². The average molecular weight is 417 g/mol. The van der Waals surface area contributed by atoms with E-state index in [0.717, 1.165) is 36.9 Å². The molecule has 1 aliphatic carbocycles. The number of hydrogen-bond donors (Lipinski definition) is 1. The molecule has 136 valence electrons. The lowest BCUT2D eigenvalue weighted by atomic mass is 9.75. The van der Waals surface area contributed by atoms with Crippen LogP contribution in [-0.2, 0) is 21.4 Å². The summed E-state index contributed by atoms with van der Waals surface area (Å²) in [4.78, 5) is 11.2. The highest BCUT2D eigenvalue weighted by Gasteiger charge is 2.45. The summed E-state index contributed by atoms with van der Waals surface area (Å²) >= 11 is 3.58. The molecule has 1 aliphatic heterocycles. The molecule has 5 heteroatoms. The highest BCUT2D eigenvalue weighted by atomic mass is 79.9. The Morgan fingerprint density at radius 3 is 2.77 bits per heavy atom. The van der Waals surface area contributed by atoms with Gasteiger partial charge in [-0.2, -0.15) is 0 Å². The van der Waals surface area contributed by atoms with E-state index >= 15 is 0 Å². The maximum atomic E-state index is 11.2. The van der Waals surface area contributed by atoms with Gasteiger partial charge >= 0.3 is 5.97 Å². The lowest BCUT2D eigenvalue weighted by molar-refractivity contribution is -0.136. The number of para-hydroxylation sites is 1. The van der Waals surface area contributed by atoms with Crippen molar-refractivity contribution in [3.8, 4) is 5.75 Å². The molecular weight excluding hydrogens is 396 g/mol. The fourth-order valence-electron chi connectivity index (χ4n) is 4.28. The van der Waals surface area contributed by atoms with Crippen LogP contribution in [0.3, 0.4) is 0 Å². The monoisotopic (exact) mass is 416 g/mol. The fraction of sp³-hybridized carbons (Fsp3) is 0.381. The molecule has 1 N–H and O–H groups in total. The molecular formula is C21H21BrO4. The Hall–Kier alpha value is -1.85.